The largest absolute Gasteiger partial charge is 0.367 e. The van der Waals surface area contributed by atoms with E-state index in [0.29, 0.717) is 6.61 Å². The first kappa shape index (κ1) is 22.7. The van der Waals surface area contributed by atoms with Crippen molar-refractivity contribution in [2.45, 2.75) is 31.8 Å². The second kappa shape index (κ2) is 10.4. The Morgan fingerprint density at radius 3 is 2.23 bits per heavy atom. The van der Waals surface area contributed by atoms with E-state index < -0.39 is 0 Å². The number of aryl methyl sites for hydroxylation is 2. The van der Waals surface area contributed by atoms with Gasteiger partial charge >= 0.3 is 0 Å². The van der Waals surface area contributed by atoms with Crippen LogP contribution >= 0.6 is 11.3 Å². The molecule has 1 saturated heterocycles. The molecule has 2 aliphatic rings. The van der Waals surface area contributed by atoms with Crippen LogP contribution in [-0.2, 0) is 17.6 Å². The Kier molecular flexibility index (Phi) is 6.76. The van der Waals surface area contributed by atoms with Gasteiger partial charge in [-0.05, 0) is 42.4 Å². The van der Waals surface area contributed by atoms with Crippen molar-refractivity contribution in [3.05, 3.63) is 88.6 Å². The third-order valence-electron chi connectivity index (χ3n) is 7.30. The first-order chi connectivity index (χ1) is 17.4. The van der Waals surface area contributed by atoms with Crippen molar-refractivity contribution in [3.63, 3.8) is 0 Å². The van der Waals surface area contributed by atoms with Crippen LogP contribution in [0.3, 0.4) is 0 Å². The highest BCUT2D eigenvalue weighted by atomic mass is 32.1. The zero-order valence-electron chi connectivity index (χ0n) is 20.1. The molecular weight excluding hydrogens is 452 g/mol. The quantitative estimate of drug-likeness (QED) is 0.347. The van der Waals surface area contributed by atoms with E-state index in [1.165, 1.54) is 57.5 Å². The number of benzene rings is 2. The minimum absolute atomic E-state index is 0.0299. The lowest BCUT2D eigenvalue weighted by Crippen LogP contribution is -2.47. The van der Waals surface area contributed by atoms with Gasteiger partial charge in [-0.2, -0.15) is 0 Å². The summed E-state index contributed by atoms with van der Waals surface area (Å²) in [6.45, 7) is 5.71. The van der Waals surface area contributed by atoms with Gasteiger partial charge in [0.25, 0.3) is 0 Å². The normalized spacial score (nSPS) is 16.7. The summed E-state index contributed by atoms with van der Waals surface area (Å²) in [4.78, 5) is 17.1. The summed E-state index contributed by atoms with van der Waals surface area (Å²) in [5.74, 6) is 1.15. The molecule has 2 aromatic heterocycles. The molecule has 1 aliphatic heterocycles. The Bertz CT molecular complexity index is 1210. The van der Waals surface area contributed by atoms with Gasteiger partial charge in [0.1, 0.15) is 23.1 Å². The molecule has 180 valence electrons. The molecule has 0 saturated carbocycles. The summed E-state index contributed by atoms with van der Waals surface area (Å²) in [6, 6.07) is 21.1. The van der Waals surface area contributed by atoms with Gasteiger partial charge < -0.3 is 9.64 Å². The van der Waals surface area contributed by atoms with Crippen LogP contribution < -0.4 is 4.90 Å². The Balaban J connectivity index is 1.09. The number of thiophene rings is 1. The summed E-state index contributed by atoms with van der Waals surface area (Å²) in [5, 5.41) is 1.33. The SMILES string of the molecule is c1ccc(C(OCCN2CCN(c3ncnc4sc5c(c34)CCCC5)CC2)c2ccccc2)cc1. The minimum Gasteiger partial charge on any atom is -0.367 e. The third kappa shape index (κ3) is 4.83. The average Bonchev–Trinajstić information content (AvgIpc) is 3.31. The highest BCUT2D eigenvalue weighted by molar-refractivity contribution is 7.19. The van der Waals surface area contributed by atoms with Crippen LogP contribution in [0.1, 0.15) is 40.5 Å². The molecule has 2 aromatic carbocycles. The van der Waals surface area contributed by atoms with Crippen molar-refractivity contribution >= 4 is 27.4 Å². The topological polar surface area (TPSA) is 41.5 Å². The number of nitrogens with zero attached hydrogens (tertiary/aromatic N) is 4. The second-order valence-corrected chi connectivity index (χ2v) is 10.6. The lowest BCUT2D eigenvalue weighted by molar-refractivity contribution is 0.0586. The zero-order chi connectivity index (χ0) is 23.5. The van der Waals surface area contributed by atoms with Crippen LogP contribution in [0.25, 0.3) is 10.2 Å². The van der Waals surface area contributed by atoms with E-state index in [4.69, 9.17) is 9.72 Å². The van der Waals surface area contributed by atoms with Gasteiger partial charge in [-0.25, -0.2) is 9.97 Å². The van der Waals surface area contributed by atoms with Gasteiger partial charge in [-0.15, -0.1) is 11.3 Å². The number of anilines is 1. The van der Waals surface area contributed by atoms with Crippen molar-refractivity contribution < 1.29 is 4.74 Å². The predicted octanol–water partition coefficient (Wildman–Crippen LogP) is 5.50. The molecule has 0 N–H and O–H groups in total. The fourth-order valence-electron chi connectivity index (χ4n) is 5.44. The second-order valence-electron chi connectivity index (χ2n) is 9.49. The fraction of sp³-hybridized carbons (Fsp3) is 0.379. The molecule has 1 fully saturated rings. The van der Waals surface area contributed by atoms with Gasteiger partial charge in [-0.3, -0.25) is 4.90 Å². The van der Waals surface area contributed by atoms with Crippen LogP contribution in [0, 0.1) is 0 Å². The smallest absolute Gasteiger partial charge is 0.141 e. The standard InChI is InChI=1S/C29H32N4OS/c1-3-9-22(10-4-1)27(23-11-5-2-6-12-23)34-20-19-32-15-17-33(18-16-32)28-26-24-13-7-8-14-25(24)35-29(26)31-21-30-28/h1-6,9-12,21,27H,7-8,13-20H2. The highest BCUT2D eigenvalue weighted by Crippen LogP contribution is 2.39. The van der Waals surface area contributed by atoms with E-state index in [1.807, 2.05) is 11.3 Å². The Hall–Kier alpha value is -2.80. The summed E-state index contributed by atoms with van der Waals surface area (Å²) < 4.78 is 6.46. The van der Waals surface area contributed by atoms with E-state index >= 15 is 0 Å². The van der Waals surface area contributed by atoms with Crippen LogP contribution in [-0.4, -0.2) is 54.2 Å². The van der Waals surface area contributed by atoms with Crippen LogP contribution in [0.2, 0.25) is 0 Å². The monoisotopic (exact) mass is 484 g/mol. The maximum Gasteiger partial charge on any atom is 0.141 e. The number of hydrogen-bond donors (Lipinski definition) is 0. The molecule has 0 spiro atoms. The summed E-state index contributed by atoms with van der Waals surface area (Å²) in [7, 11) is 0. The minimum atomic E-state index is -0.0299. The van der Waals surface area contributed by atoms with E-state index in [1.54, 1.807) is 6.33 Å². The van der Waals surface area contributed by atoms with E-state index in [9.17, 15) is 0 Å². The molecule has 0 radical (unpaired) electrons. The van der Waals surface area contributed by atoms with Gasteiger partial charge in [-0.1, -0.05) is 60.7 Å². The Labute approximate surface area is 211 Å². The van der Waals surface area contributed by atoms with Gasteiger partial charge in [0.15, 0.2) is 0 Å². The Morgan fingerprint density at radius 1 is 0.829 bits per heavy atom. The van der Waals surface area contributed by atoms with Gasteiger partial charge in [0.2, 0.25) is 0 Å². The number of fused-ring (bicyclic) bond motifs is 3. The summed E-state index contributed by atoms with van der Waals surface area (Å²) >= 11 is 1.88. The third-order valence-corrected chi connectivity index (χ3v) is 8.50. The van der Waals surface area contributed by atoms with Crippen LogP contribution in [0.15, 0.2) is 67.0 Å². The van der Waals surface area contributed by atoms with Gasteiger partial charge in [0.05, 0.1) is 12.0 Å². The first-order valence-corrected chi connectivity index (χ1v) is 13.6. The van der Waals surface area contributed by atoms with Gasteiger partial charge in [0, 0.05) is 37.6 Å². The highest BCUT2D eigenvalue weighted by Gasteiger charge is 2.25. The van der Waals surface area contributed by atoms with Crippen LogP contribution in [0.4, 0.5) is 5.82 Å². The number of piperazine rings is 1. The summed E-state index contributed by atoms with van der Waals surface area (Å²) in [6.07, 6.45) is 6.70. The number of ether oxygens (including phenoxy) is 1. The van der Waals surface area contributed by atoms with Crippen molar-refractivity contribution in [1.29, 1.82) is 0 Å². The van der Waals surface area contributed by atoms with Crippen molar-refractivity contribution in [1.82, 2.24) is 14.9 Å². The average molecular weight is 485 g/mol. The van der Waals surface area contributed by atoms with E-state index in [-0.39, 0.29) is 6.10 Å². The van der Waals surface area contributed by atoms with E-state index in [2.05, 4.69) is 75.4 Å². The zero-order valence-corrected chi connectivity index (χ0v) is 20.9. The van der Waals surface area contributed by atoms with Crippen LogP contribution in [0.5, 0.6) is 0 Å². The molecule has 5 nitrogen and oxygen atoms in total. The molecule has 0 atom stereocenters. The molecule has 4 aromatic rings. The molecule has 0 unspecified atom stereocenters. The molecule has 6 rings (SSSR count). The fourth-order valence-corrected chi connectivity index (χ4v) is 6.66. The van der Waals surface area contributed by atoms with E-state index in [0.717, 1.165) is 38.5 Å². The molecule has 1 aliphatic carbocycles. The Morgan fingerprint density at radius 2 is 1.51 bits per heavy atom. The lowest BCUT2D eigenvalue weighted by Gasteiger charge is -2.36. The molecular formula is C29H32N4OS. The number of hydrogen-bond acceptors (Lipinski definition) is 6. The predicted molar refractivity (Wildman–Crippen MR) is 143 cm³/mol. The molecule has 0 amide bonds. The number of aromatic nitrogens is 2. The maximum atomic E-state index is 6.46. The van der Waals surface area contributed by atoms with Crippen molar-refractivity contribution in [2.24, 2.45) is 0 Å². The van der Waals surface area contributed by atoms with Crippen molar-refractivity contribution in [3.8, 4) is 0 Å². The number of rotatable bonds is 7. The maximum absolute atomic E-state index is 6.46. The summed E-state index contributed by atoms with van der Waals surface area (Å²) in [5.41, 5.74) is 3.93. The molecule has 35 heavy (non-hydrogen) atoms. The molecule has 3 heterocycles. The van der Waals surface area contributed by atoms with Crippen molar-refractivity contribution in [2.75, 3.05) is 44.2 Å². The first-order valence-electron chi connectivity index (χ1n) is 12.8. The lowest BCUT2D eigenvalue weighted by atomic mass is 9.97. The molecule has 6 heteroatoms. The molecule has 0 bridgehead atoms.